The molecule has 3 aromatic rings. The monoisotopic (exact) mass is 389 g/mol. The van der Waals surface area contributed by atoms with Crippen molar-refractivity contribution in [1.82, 2.24) is 15.3 Å². The van der Waals surface area contributed by atoms with E-state index in [4.69, 9.17) is 4.74 Å². The lowest BCUT2D eigenvalue weighted by molar-refractivity contribution is 0.0963. The molecule has 1 fully saturated rings. The molecule has 1 aromatic heterocycles. The number of nitrogens with one attached hydrogen (secondary N) is 2. The number of rotatable bonds is 5. The number of amides is 1. The van der Waals surface area contributed by atoms with E-state index >= 15 is 0 Å². The van der Waals surface area contributed by atoms with Crippen LogP contribution in [-0.4, -0.2) is 49.2 Å². The van der Waals surface area contributed by atoms with E-state index < -0.39 is 0 Å². The molecule has 0 radical (unpaired) electrons. The van der Waals surface area contributed by atoms with Gasteiger partial charge in [0.15, 0.2) is 0 Å². The van der Waals surface area contributed by atoms with Crippen LogP contribution < -0.4 is 15.5 Å². The van der Waals surface area contributed by atoms with Gasteiger partial charge in [0.05, 0.1) is 18.9 Å². The molecule has 1 amide bonds. The van der Waals surface area contributed by atoms with E-state index in [1.807, 2.05) is 30.3 Å². The number of carbonyl (C=O) groups is 1. The third kappa shape index (κ3) is 4.52. The number of carbonyl (C=O) groups excluding carboxylic acids is 1. The van der Waals surface area contributed by atoms with Gasteiger partial charge in [-0.2, -0.15) is 0 Å². The van der Waals surface area contributed by atoms with Crippen LogP contribution in [0.2, 0.25) is 0 Å². The zero-order valence-electron chi connectivity index (χ0n) is 16.3. The summed E-state index contributed by atoms with van der Waals surface area (Å²) in [4.78, 5) is 22.9. The van der Waals surface area contributed by atoms with Crippen LogP contribution in [-0.2, 0) is 4.74 Å². The number of nitrogens with zero attached hydrogens (tertiary/aromatic N) is 3. The molecule has 0 aliphatic carbocycles. The SMILES string of the molecule is CNC(=O)c1ccc(-c2ccnc(Nc3ccc(N4CCOCC4)cc3)n2)cc1. The highest BCUT2D eigenvalue weighted by molar-refractivity contribution is 5.94. The van der Waals surface area contributed by atoms with Crippen molar-refractivity contribution in [1.29, 1.82) is 0 Å². The molecular weight excluding hydrogens is 366 g/mol. The summed E-state index contributed by atoms with van der Waals surface area (Å²) in [7, 11) is 1.62. The van der Waals surface area contributed by atoms with Crippen molar-refractivity contribution in [2.45, 2.75) is 0 Å². The number of morpholine rings is 1. The number of hydrogen-bond acceptors (Lipinski definition) is 6. The molecule has 2 N–H and O–H groups in total. The molecule has 0 bridgehead atoms. The van der Waals surface area contributed by atoms with Gasteiger partial charge < -0.3 is 20.3 Å². The number of benzene rings is 2. The van der Waals surface area contributed by atoms with Gasteiger partial charge in [0.1, 0.15) is 0 Å². The lowest BCUT2D eigenvalue weighted by Gasteiger charge is -2.28. The molecule has 1 aliphatic rings. The lowest BCUT2D eigenvalue weighted by Crippen LogP contribution is -2.36. The highest BCUT2D eigenvalue weighted by Crippen LogP contribution is 2.22. The molecule has 29 heavy (non-hydrogen) atoms. The van der Waals surface area contributed by atoms with E-state index in [9.17, 15) is 4.79 Å². The van der Waals surface area contributed by atoms with Crippen LogP contribution in [0.3, 0.4) is 0 Å². The van der Waals surface area contributed by atoms with Crippen LogP contribution in [0.4, 0.5) is 17.3 Å². The van der Waals surface area contributed by atoms with Crippen LogP contribution >= 0.6 is 0 Å². The summed E-state index contributed by atoms with van der Waals surface area (Å²) in [6.45, 7) is 3.36. The molecule has 0 unspecified atom stereocenters. The maximum absolute atomic E-state index is 11.7. The second-order valence-electron chi connectivity index (χ2n) is 6.69. The van der Waals surface area contributed by atoms with Crippen LogP contribution in [0.1, 0.15) is 10.4 Å². The van der Waals surface area contributed by atoms with Crippen molar-refractivity contribution in [3.63, 3.8) is 0 Å². The Balaban J connectivity index is 1.46. The van der Waals surface area contributed by atoms with Gasteiger partial charge in [0, 0.05) is 48.8 Å². The summed E-state index contributed by atoms with van der Waals surface area (Å²) in [5.41, 5.74) is 4.43. The normalized spacial score (nSPS) is 13.8. The quantitative estimate of drug-likeness (QED) is 0.698. The summed E-state index contributed by atoms with van der Waals surface area (Å²) < 4.78 is 5.41. The molecular formula is C22H23N5O2. The fourth-order valence-electron chi connectivity index (χ4n) is 3.22. The highest BCUT2D eigenvalue weighted by Gasteiger charge is 2.11. The Bertz CT molecular complexity index is 967. The summed E-state index contributed by atoms with van der Waals surface area (Å²) in [5, 5.41) is 5.87. The number of hydrogen-bond donors (Lipinski definition) is 2. The van der Waals surface area contributed by atoms with E-state index in [0.29, 0.717) is 11.5 Å². The Morgan fingerprint density at radius 2 is 1.72 bits per heavy atom. The topological polar surface area (TPSA) is 79.4 Å². The van der Waals surface area contributed by atoms with Gasteiger partial charge in [0.25, 0.3) is 5.91 Å². The smallest absolute Gasteiger partial charge is 0.251 e. The van der Waals surface area contributed by atoms with Gasteiger partial charge >= 0.3 is 0 Å². The maximum atomic E-state index is 11.7. The molecule has 1 aliphatic heterocycles. The van der Waals surface area contributed by atoms with Gasteiger partial charge in [-0.1, -0.05) is 12.1 Å². The Hall–Kier alpha value is -3.45. The minimum Gasteiger partial charge on any atom is -0.378 e. The van der Waals surface area contributed by atoms with E-state index in [1.54, 1.807) is 25.4 Å². The second kappa shape index (κ2) is 8.70. The van der Waals surface area contributed by atoms with Crippen molar-refractivity contribution < 1.29 is 9.53 Å². The molecule has 7 heteroatoms. The fraction of sp³-hybridized carbons (Fsp3) is 0.227. The van der Waals surface area contributed by atoms with Gasteiger partial charge in [0.2, 0.25) is 5.95 Å². The van der Waals surface area contributed by atoms with Gasteiger partial charge in [-0.15, -0.1) is 0 Å². The van der Waals surface area contributed by atoms with Gasteiger partial charge in [-0.05, 0) is 42.5 Å². The van der Waals surface area contributed by atoms with Crippen LogP contribution in [0.5, 0.6) is 0 Å². The summed E-state index contributed by atoms with van der Waals surface area (Å²) in [5.74, 6) is 0.416. The van der Waals surface area contributed by atoms with Crippen molar-refractivity contribution in [3.05, 3.63) is 66.4 Å². The molecule has 7 nitrogen and oxygen atoms in total. The minimum absolute atomic E-state index is 0.109. The molecule has 148 valence electrons. The average molecular weight is 389 g/mol. The molecule has 2 heterocycles. The first-order valence-corrected chi connectivity index (χ1v) is 9.58. The molecule has 4 rings (SSSR count). The second-order valence-corrected chi connectivity index (χ2v) is 6.69. The van der Waals surface area contributed by atoms with Gasteiger partial charge in [-0.25, -0.2) is 9.97 Å². The Morgan fingerprint density at radius 3 is 2.41 bits per heavy atom. The summed E-state index contributed by atoms with van der Waals surface area (Å²) >= 11 is 0. The predicted octanol–water partition coefficient (Wildman–Crippen LogP) is 3.08. The maximum Gasteiger partial charge on any atom is 0.251 e. The van der Waals surface area contributed by atoms with Crippen molar-refractivity contribution in [2.75, 3.05) is 43.6 Å². The van der Waals surface area contributed by atoms with E-state index in [2.05, 4.69) is 37.6 Å². The summed E-state index contributed by atoms with van der Waals surface area (Å²) in [6, 6.07) is 17.4. The highest BCUT2D eigenvalue weighted by atomic mass is 16.5. The third-order valence-corrected chi connectivity index (χ3v) is 4.83. The first-order chi connectivity index (χ1) is 14.2. The minimum atomic E-state index is -0.109. The van der Waals surface area contributed by atoms with Crippen molar-refractivity contribution >= 4 is 23.2 Å². The Labute approximate surface area is 169 Å². The third-order valence-electron chi connectivity index (χ3n) is 4.83. The number of ether oxygens (including phenoxy) is 1. The first-order valence-electron chi connectivity index (χ1n) is 9.58. The van der Waals surface area contributed by atoms with Crippen LogP contribution in [0.25, 0.3) is 11.3 Å². The molecule has 1 saturated heterocycles. The summed E-state index contributed by atoms with van der Waals surface area (Å²) in [6.07, 6.45) is 1.72. The Kier molecular flexibility index (Phi) is 5.67. The fourth-order valence-corrected chi connectivity index (χ4v) is 3.22. The predicted molar refractivity (Wildman–Crippen MR) is 114 cm³/mol. The zero-order chi connectivity index (χ0) is 20.1. The standard InChI is InChI=1S/C22H23N5O2/c1-23-21(28)17-4-2-16(3-5-17)20-10-11-24-22(26-20)25-18-6-8-19(9-7-18)27-12-14-29-15-13-27/h2-11H,12-15H2,1H3,(H,23,28)(H,24,25,26). The lowest BCUT2D eigenvalue weighted by atomic mass is 10.1. The molecule has 0 atom stereocenters. The van der Waals surface area contributed by atoms with E-state index in [-0.39, 0.29) is 5.91 Å². The number of anilines is 3. The molecule has 0 saturated carbocycles. The van der Waals surface area contributed by atoms with Gasteiger partial charge in [-0.3, -0.25) is 4.79 Å². The first kappa shape index (κ1) is 18.9. The Morgan fingerprint density at radius 1 is 1.00 bits per heavy atom. The van der Waals surface area contributed by atoms with Crippen LogP contribution in [0.15, 0.2) is 60.8 Å². The molecule has 0 spiro atoms. The van der Waals surface area contributed by atoms with E-state index in [0.717, 1.165) is 43.2 Å². The van der Waals surface area contributed by atoms with E-state index in [1.165, 1.54) is 5.69 Å². The number of aromatic nitrogens is 2. The van der Waals surface area contributed by atoms with Crippen LogP contribution in [0, 0.1) is 0 Å². The zero-order valence-corrected chi connectivity index (χ0v) is 16.3. The van der Waals surface area contributed by atoms with Crippen molar-refractivity contribution in [3.8, 4) is 11.3 Å². The average Bonchev–Trinajstić information content (AvgIpc) is 2.80. The largest absolute Gasteiger partial charge is 0.378 e. The van der Waals surface area contributed by atoms with Crippen molar-refractivity contribution in [2.24, 2.45) is 0 Å². The molecule has 2 aromatic carbocycles.